The normalized spacial score (nSPS) is 11.9. The van der Waals surface area contributed by atoms with Gasteiger partial charge in [-0.15, -0.1) is 0 Å². The van der Waals surface area contributed by atoms with Crippen LogP contribution in [0.2, 0.25) is 0 Å². The first-order chi connectivity index (χ1) is 24.7. The van der Waals surface area contributed by atoms with Crippen molar-refractivity contribution in [1.29, 1.82) is 0 Å². The highest BCUT2D eigenvalue weighted by Crippen LogP contribution is 2.38. The van der Waals surface area contributed by atoms with Crippen LogP contribution in [0.4, 0.5) is 0 Å². The van der Waals surface area contributed by atoms with Crippen LogP contribution in [0.5, 0.6) is 0 Å². The van der Waals surface area contributed by atoms with E-state index in [1.165, 1.54) is 0 Å². The predicted octanol–water partition coefficient (Wildman–Crippen LogP) is 12.0. The maximum absolute atomic E-state index is 5.37. The van der Waals surface area contributed by atoms with Crippen molar-refractivity contribution in [2.45, 2.75) is 0 Å². The molecule has 0 amide bonds. The van der Waals surface area contributed by atoms with Crippen LogP contribution in [0, 0.1) is 0 Å². The van der Waals surface area contributed by atoms with Crippen LogP contribution in [0.15, 0.2) is 146 Å². The molecule has 8 bridgehead atoms. The maximum atomic E-state index is 5.37. The molecule has 0 spiro atoms. The first-order valence-electron chi connectivity index (χ1n) is 16.8. The van der Waals surface area contributed by atoms with Gasteiger partial charge in [-0.1, -0.05) is 128 Å². The second-order valence-corrected chi connectivity index (χ2v) is 12.4. The number of hydrogen-bond acceptors (Lipinski definition) is 2. The number of benzene rings is 4. The van der Waals surface area contributed by atoms with Crippen LogP contribution in [-0.4, -0.2) is 19.9 Å². The highest BCUT2D eigenvalue weighted by molar-refractivity contribution is 5.99. The van der Waals surface area contributed by atoms with E-state index < -0.39 is 0 Å². The molecule has 0 atom stereocenters. The van der Waals surface area contributed by atoms with Crippen molar-refractivity contribution in [2.24, 2.45) is 0 Å². The Morgan fingerprint density at radius 3 is 0.960 bits per heavy atom. The lowest BCUT2D eigenvalue weighted by Gasteiger charge is -2.07. The number of rotatable bonds is 5. The standard InChI is InChI=1S/C46H32N4/c1-2-30-18-20-34(21-19-30)46-41-28-26-39(49-41)44(32-14-8-4-9-15-32)37-24-22-35(47-37)43(31-12-6-3-7-13-31)36-23-25-38(48-36)45(33-16-10-5-11-17-33)40-27-29-42(46)50-40/h2-29,47,50H,1H2. The molecule has 236 valence electrons. The van der Waals surface area contributed by atoms with E-state index in [1.807, 2.05) is 24.3 Å². The smallest absolute Gasteiger partial charge is 0.0737 e. The van der Waals surface area contributed by atoms with Gasteiger partial charge in [-0.2, -0.15) is 0 Å². The fraction of sp³-hybridized carbons (Fsp3) is 0. The van der Waals surface area contributed by atoms with Gasteiger partial charge in [0.05, 0.1) is 22.8 Å². The van der Waals surface area contributed by atoms with Gasteiger partial charge < -0.3 is 9.97 Å². The molecule has 0 radical (unpaired) electrons. The topological polar surface area (TPSA) is 57.4 Å². The van der Waals surface area contributed by atoms with Gasteiger partial charge >= 0.3 is 0 Å². The molecule has 3 aromatic heterocycles. The molecule has 50 heavy (non-hydrogen) atoms. The summed E-state index contributed by atoms with van der Waals surface area (Å²) >= 11 is 0. The molecule has 2 aliphatic rings. The highest BCUT2D eigenvalue weighted by atomic mass is 14.8. The van der Waals surface area contributed by atoms with Gasteiger partial charge in [0.2, 0.25) is 0 Å². The van der Waals surface area contributed by atoms with Crippen LogP contribution in [0.1, 0.15) is 28.3 Å². The summed E-state index contributed by atoms with van der Waals surface area (Å²) in [4.78, 5) is 18.3. The average molecular weight is 641 g/mol. The van der Waals surface area contributed by atoms with Crippen LogP contribution >= 0.6 is 0 Å². The molecule has 9 rings (SSSR count). The molecule has 4 aromatic carbocycles. The molecule has 0 saturated heterocycles. The van der Waals surface area contributed by atoms with Gasteiger partial charge in [0, 0.05) is 44.3 Å². The minimum Gasteiger partial charge on any atom is -0.354 e. The average Bonchev–Trinajstić information content (AvgIpc) is 4.01. The highest BCUT2D eigenvalue weighted by Gasteiger charge is 2.18. The lowest BCUT2D eigenvalue weighted by molar-refractivity contribution is 1.31. The molecule has 4 nitrogen and oxygen atoms in total. The van der Waals surface area contributed by atoms with E-state index in [2.05, 4.69) is 162 Å². The van der Waals surface area contributed by atoms with Crippen molar-refractivity contribution in [3.05, 3.63) is 174 Å². The molecule has 0 aliphatic carbocycles. The Bertz CT molecular complexity index is 2590. The van der Waals surface area contributed by atoms with Gasteiger partial charge in [0.15, 0.2) is 0 Å². The molecule has 0 unspecified atom stereocenters. The summed E-state index contributed by atoms with van der Waals surface area (Å²) in [5.41, 5.74) is 17.0. The van der Waals surface area contributed by atoms with E-state index in [9.17, 15) is 0 Å². The number of hydrogen-bond donors (Lipinski definition) is 2. The summed E-state index contributed by atoms with van der Waals surface area (Å²) in [6.45, 7) is 3.96. The van der Waals surface area contributed by atoms with Crippen molar-refractivity contribution in [2.75, 3.05) is 0 Å². The molecule has 2 aliphatic heterocycles. The van der Waals surface area contributed by atoms with Gasteiger partial charge in [-0.3, -0.25) is 0 Å². The van der Waals surface area contributed by atoms with Crippen LogP contribution < -0.4 is 0 Å². The zero-order valence-electron chi connectivity index (χ0n) is 27.3. The van der Waals surface area contributed by atoms with Crippen molar-refractivity contribution >= 4 is 52.4 Å². The van der Waals surface area contributed by atoms with E-state index in [0.29, 0.717) is 0 Å². The number of fused-ring (bicyclic) bond motifs is 8. The monoisotopic (exact) mass is 640 g/mol. The SMILES string of the molecule is C=Cc1ccc(-c2c3nc(c(-c4ccccc4)c4ccc([nH]4)c(-c4ccccc4)c4nc(c(-c5ccccc5)c5ccc2[nH]5)C=C4)C=C3)cc1. The predicted molar refractivity (Wildman–Crippen MR) is 211 cm³/mol. The fourth-order valence-electron chi connectivity index (χ4n) is 7.02. The molecule has 5 heterocycles. The molecular formula is C46H32N4. The minimum atomic E-state index is 0.888. The fourth-order valence-corrected chi connectivity index (χ4v) is 7.02. The van der Waals surface area contributed by atoms with Crippen LogP contribution in [-0.2, 0) is 0 Å². The van der Waals surface area contributed by atoms with Gasteiger partial charge in [-0.25, -0.2) is 9.97 Å². The van der Waals surface area contributed by atoms with E-state index >= 15 is 0 Å². The van der Waals surface area contributed by atoms with Crippen molar-refractivity contribution in [1.82, 2.24) is 19.9 Å². The summed E-state index contributed by atoms with van der Waals surface area (Å²) in [5, 5.41) is 0. The Balaban J connectivity index is 1.47. The maximum Gasteiger partial charge on any atom is 0.0737 e. The van der Waals surface area contributed by atoms with E-state index in [0.717, 1.165) is 94.9 Å². The quantitative estimate of drug-likeness (QED) is 0.197. The third kappa shape index (κ3) is 5.20. The number of aromatic nitrogens is 4. The van der Waals surface area contributed by atoms with Crippen molar-refractivity contribution in [3.8, 4) is 44.5 Å². The largest absolute Gasteiger partial charge is 0.354 e. The number of nitrogens with zero attached hydrogens (tertiary/aromatic N) is 2. The summed E-state index contributed by atoms with van der Waals surface area (Å²) in [6.07, 6.45) is 10.4. The van der Waals surface area contributed by atoms with Crippen molar-refractivity contribution < 1.29 is 0 Å². The lowest BCUT2D eigenvalue weighted by Crippen LogP contribution is -1.89. The van der Waals surface area contributed by atoms with Gasteiger partial charge in [0.25, 0.3) is 0 Å². The number of nitrogens with one attached hydrogen (secondary N) is 2. The summed E-state index contributed by atoms with van der Waals surface area (Å²) in [5.74, 6) is 0. The Morgan fingerprint density at radius 1 is 0.360 bits per heavy atom. The van der Waals surface area contributed by atoms with E-state index in [-0.39, 0.29) is 0 Å². The Hall–Kier alpha value is -6.78. The van der Waals surface area contributed by atoms with E-state index in [1.54, 1.807) is 0 Å². The molecule has 4 heteroatoms. The molecule has 0 saturated carbocycles. The Labute approximate surface area is 290 Å². The van der Waals surface area contributed by atoms with Crippen LogP contribution in [0.25, 0.3) is 97.0 Å². The summed E-state index contributed by atoms with van der Waals surface area (Å²) in [6, 6.07) is 48.6. The molecular weight excluding hydrogens is 609 g/mol. The second kappa shape index (κ2) is 12.3. The lowest BCUT2D eigenvalue weighted by atomic mass is 10.0. The number of H-pyrrole nitrogens is 2. The van der Waals surface area contributed by atoms with Crippen LogP contribution in [0.3, 0.4) is 0 Å². The second-order valence-electron chi connectivity index (χ2n) is 12.4. The zero-order chi connectivity index (χ0) is 33.4. The Kier molecular flexibility index (Phi) is 7.25. The first kappa shape index (κ1) is 29.4. The summed E-state index contributed by atoms with van der Waals surface area (Å²) in [7, 11) is 0. The van der Waals surface area contributed by atoms with Gasteiger partial charge in [0.1, 0.15) is 0 Å². The molecule has 2 N–H and O–H groups in total. The third-order valence-electron chi connectivity index (χ3n) is 9.38. The van der Waals surface area contributed by atoms with Crippen molar-refractivity contribution in [3.63, 3.8) is 0 Å². The summed E-state index contributed by atoms with van der Waals surface area (Å²) < 4.78 is 0. The zero-order valence-corrected chi connectivity index (χ0v) is 27.3. The van der Waals surface area contributed by atoms with E-state index in [4.69, 9.17) is 9.97 Å². The third-order valence-corrected chi connectivity index (χ3v) is 9.38. The van der Waals surface area contributed by atoms with Gasteiger partial charge in [-0.05, 0) is 76.4 Å². The minimum absolute atomic E-state index is 0.888. The Morgan fingerprint density at radius 2 is 0.660 bits per heavy atom. The molecule has 0 fully saturated rings. The molecule has 7 aromatic rings. The first-order valence-corrected chi connectivity index (χ1v) is 16.8. The number of aromatic amines is 2.